The molecule has 0 aliphatic heterocycles. The standard InChI is InChI=1S/C18H11ClFNO3S/c19-12-5-1-10(2-6-12)14-9-25-17(15(14)18(23)24)21-16(22)11-3-7-13(20)8-4-11/h1-9H,(H,21,22)(H,23,24). The number of benzene rings is 2. The van der Waals surface area contributed by atoms with E-state index in [4.69, 9.17) is 11.6 Å². The molecule has 0 aliphatic carbocycles. The Bertz CT molecular complexity index is 936. The van der Waals surface area contributed by atoms with Crippen molar-refractivity contribution in [3.63, 3.8) is 0 Å². The van der Waals surface area contributed by atoms with Gasteiger partial charge in [-0.25, -0.2) is 9.18 Å². The Kier molecular flexibility index (Phi) is 4.83. The van der Waals surface area contributed by atoms with Crippen LogP contribution in [0.1, 0.15) is 20.7 Å². The van der Waals surface area contributed by atoms with E-state index in [2.05, 4.69) is 5.32 Å². The van der Waals surface area contributed by atoms with Gasteiger partial charge in [-0.3, -0.25) is 4.79 Å². The molecule has 0 unspecified atom stereocenters. The fraction of sp³-hybridized carbons (Fsp3) is 0. The fourth-order valence-electron chi connectivity index (χ4n) is 2.28. The van der Waals surface area contributed by atoms with Crippen molar-refractivity contribution in [2.24, 2.45) is 0 Å². The number of nitrogens with one attached hydrogen (secondary N) is 1. The van der Waals surface area contributed by atoms with E-state index in [0.717, 1.165) is 11.3 Å². The second kappa shape index (κ2) is 7.04. The number of hydrogen-bond donors (Lipinski definition) is 2. The van der Waals surface area contributed by atoms with Crippen molar-refractivity contribution in [1.82, 2.24) is 0 Å². The molecule has 126 valence electrons. The summed E-state index contributed by atoms with van der Waals surface area (Å²) in [6.45, 7) is 0. The van der Waals surface area contributed by atoms with Crippen LogP contribution in [0.25, 0.3) is 11.1 Å². The molecule has 2 N–H and O–H groups in total. The third-order valence-corrected chi connectivity index (χ3v) is 4.64. The van der Waals surface area contributed by atoms with Crippen LogP contribution in [0.15, 0.2) is 53.9 Å². The van der Waals surface area contributed by atoms with Crippen molar-refractivity contribution in [2.75, 3.05) is 5.32 Å². The highest BCUT2D eigenvalue weighted by Crippen LogP contribution is 2.36. The Hall–Kier alpha value is -2.70. The molecule has 0 spiro atoms. The second-order valence-corrected chi connectivity index (χ2v) is 6.44. The predicted octanol–water partition coefficient (Wildman–Crippen LogP) is 5.16. The van der Waals surface area contributed by atoms with Crippen LogP contribution in [0.3, 0.4) is 0 Å². The molecule has 0 atom stereocenters. The minimum absolute atomic E-state index is 0.00258. The Balaban J connectivity index is 1.94. The lowest BCUT2D eigenvalue weighted by Gasteiger charge is -2.06. The number of anilines is 1. The third kappa shape index (κ3) is 3.70. The summed E-state index contributed by atoms with van der Waals surface area (Å²) in [6.07, 6.45) is 0. The molecule has 3 rings (SSSR count). The van der Waals surface area contributed by atoms with E-state index in [-0.39, 0.29) is 16.1 Å². The van der Waals surface area contributed by atoms with Crippen molar-refractivity contribution >= 4 is 39.8 Å². The van der Waals surface area contributed by atoms with E-state index in [1.165, 1.54) is 24.3 Å². The quantitative estimate of drug-likeness (QED) is 0.662. The van der Waals surface area contributed by atoms with Gasteiger partial charge in [-0.05, 0) is 42.0 Å². The number of rotatable bonds is 4. The molecule has 0 bridgehead atoms. The molecule has 0 fully saturated rings. The molecule has 1 amide bonds. The number of amides is 1. The molecule has 1 aromatic heterocycles. The summed E-state index contributed by atoms with van der Waals surface area (Å²) in [5, 5.41) is 14.5. The highest BCUT2D eigenvalue weighted by Gasteiger charge is 2.21. The maximum Gasteiger partial charge on any atom is 0.339 e. The van der Waals surface area contributed by atoms with Gasteiger partial charge in [0.25, 0.3) is 5.91 Å². The second-order valence-electron chi connectivity index (χ2n) is 5.13. The number of carbonyl (C=O) groups excluding carboxylic acids is 1. The van der Waals surface area contributed by atoms with Crippen LogP contribution in [0.2, 0.25) is 5.02 Å². The minimum Gasteiger partial charge on any atom is -0.478 e. The first-order valence-corrected chi connectivity index (χ1v) is 8.39. The van der Waals surface area contributed by atoms with E-state index in [9.17, 15) is 19.1 Å². The molecule has 0 aliphatic rings. The topological polar surface area (TPSA) is 66.4 Å². The van der Waals surface area contributed by atoms with Crippen molar-refractivity contribution in [2.45, 2.75) is 0 Å². The van der Waals surface area contributed by atoms with Crippen molar-refractivity contribution in [3.05, 3.63) is 75.9 Å². The molecule has 7 heteroatoms. The summed E-state index contributed by atoms with van der Waals surface area (Å²) in [7, 11) is 0. The zero-order chi connectivity index (χ0) is 18.0. The average molecular weight is 376 g/mol. The van der Waals surface area contributed by atoms with E-state index in [0.29, 0.717) is 16.1 Å². The highest BCUT2D eigenvalue weighted by atomic mass is 35.5. The first-order valence-electron chi connectivity index (χ1n) is 7.13. The zero-order valence-corrected chi connectivity index (χ0v) is 14.2. The number of hydrogen-bond acceptors (Lipinski definition) is 3. The maximum atomic E-state index is 12.9. The Morgan fingerprint density at radius 1 is 1.04 bits per heavy atom. The van der Waals surface area contributed by atoms with E-state index in [1.807, 2.05) is 0 Å². The molecule has 0 radical (unpaired) electrons. The minimum atomic E-state index is -1.15. The molecule has 25 heavy (non-hydrogen) atoms. The van der Waals surface area contributed by atoms with E-state index < -0.39 is 17.7 Å². The molecular formula is C18H11ClFNO3S. The van der Waals surface area contributed by atoms with Crippen LogP contribution in [-0.4, -0.2) is 17.0 Å². The Morgan fingerprint density at radius 3 is 2.28 bits per heavy atom. The average Bonchev–Trinajstić information content (AvgIpc) is 3.00. The Labute approximate surface area is 151 Å². The summed E-state index contributed by atoms with van der Waals surface area (Å²) in [6, 6.07) is 11.7. The molecule has 4 nitrogen and oxygen atoms in total. The lowest BCUT2D eigenvalue weighted by molar-refractivity contribution is 0.0699. The van der Waals surface area contributed by atoms with Crippen LogP contribution >= 0.6 is 22.9 Å². The van der Waals surface area contributed by atoms with Gasteiger partial charge in [-0.2, -0.15) is 0 Å². The van der Waals surface area contributed by atoms with Gasteiger partial charge in [0.2, 0.25) is 0 Å². The summed E-state index contributed by atoms with van der Waals surface area (Å²) < 4.78 is 12.9. The maximum absolute atomic E-state index is 12.9. The molecule has 0 saturated carbocycles. The Morgan fingerprint density at radius 2 is 1.68 bits per heavy atom. The van der Waals surface area contributed by atoms with Crippen LogP contribution in [0.4, 0.5) is 9.39 Å². The van der Waals surface area contributed by atoms with Gasteiger partial charge in [0.15, 0.2) is 0 Å². The zero-order valence-electron chi connectivity index (χ0n) is 12.6. The van der Waals surface area contributed by atoms with Crippen molar-refractivity contribution in [1.29, 1.82) is 0 Å². The number of thiophene rings is 1. The number of carboxylic acids is 1. The van der Waals surface area contributed by atoms with Crippen LogP contribution < -0.4 is 5.32 Å². The van der Waals surface area contributed by atoms with E-state index >= 15 is 0 Å². The van der Waals surface area contributed by atoms with Gasteiger partial charge in [-0.15, -0.1) is 11.3 Å². The number of halogens is 2. The van der Waals surface area contributed by atoms with Gasteiger partial charge in [0, 0.05) is 21.5 Å². The van der Waals surface area contributed by atoms with Crippen LogP contribution in [0.5, 0.6) is 0 Å². The molecular weight excluding hydrogens is 365 g/mol. The number of carboxylic acid groups (broad SMARTS) is 1. The highest BCUT2D eigenvalue weighted by molar-refractivity contribution is 7.15. The van der Waals surface area contributed by atoms with E-state index in [1.54, 1.807) is 29.6 Å². The van der Waals surface area contributed by atoms with Crippen molar-refractivity contribution in [3.8, 4) is 11.1 Å². The number of aromatic carboxylic acids is 1. The SMILES string of the molecule is O=C(Nc1scc(-c2ccc(Cl)cc2)c1C(=O)O)c1ccc(F)cc1. The monoisotopic (exact) mass is 375 g/mol. The summed E-state index contributed by atoms with van der Waals surface area (Å²) in [5.41, 5.74) is 1.41. The largest absolute Gasteiger partial charge is 0.478 e. The molecule has 3 aromatic rings. The predicted molar refractivity (Wildman–Crippen MR) is 96.1 cm³/mol. The summed E-state index contributed by atoms with van der Waals surface area (Å²) in [4.78, 5) is 23.9. The lowest BCUT2D eigenvalue weighted by atomic mass is 10.0. The molecule has 0 saturated heterocycles. The van der Waals surface area contributed by atoms with Crippen LogP contribution in [-0.2, 0) is 0 Å². The smallest absolute Gasteiger partial charge is 0.339 e. The van der Waals surface area contributed by atoms with Gasteiger partial charge in [0.1, 0.15) is 16.4 Å². The lowest BCUT2D eigenvalue weighted by Crippen LogP contribution is -2.13. The molecule has 2 aromatic carbocycles. The van der Waals surface area contributed by atoms with Gasteiger partial charge < -0.3 is 10.4 Å². The first kappa shape index (κ1) is 17.1. The van der Waals surface area contributed by atoms with Gasteiger partial charge >= 0.3 is 5.97 Å². The summed E-state index contributed by atoms with van der Waals surface area (Å²) in [5.74, 6) is -2.11. The third-order valence-electron chi connectivity index (χ3n) is 3.49. The van der Waals surface area contributed by atoms with Crippen LogP contribution in [0, 0.1) is 5.82 Å². The van der Waals surface area contributed by atoms with Gasteiger partial charge in [-0.1, -0.05) is 23.7 Å². The van der Waals surface area contributed by atoms with Crippen molar-refractivity contribution < 1.29 is 19.1 Å². The fourth-order valence-corrected chi connectivity index (χ4v) is 3.36. The van der Waals surface area contributed by atoms with Gasteiger partial charge in [0.05, 0.1) is 0 Å². The first-order chi connectivity index (χ1) is 12.0. The normalized spacial score (nSPS) is 10.5. The molecule has 1 heterocycles. The summed E-state index contributed by atoms with van der Waals surface area (Å²) >= 11 is 6.97. The number of carbonyl (C=O) groups is 2.